The average molecular weight is 543 g/mol. The van der Waals surface area contributed by atoms with E-state index in [-0.39, 0.29) is 16.3 Å². The van der Waals surface area contributed by atoms with Crippen LogP contribution in [0.3, 0.4) is 0 Å². The number of imidazole rings is 1. The van der Waals surface area contributed by atoms with Crippen molar-refractivity contribution in [2.75, 3.05) is 12.5 Å². The molecule has 0 spiro atoms. The number of hydrogen-bond acceptors (Lipinski definition) is 5. The molecular formula is C27H25Cl2FN4O3. The minimum Gasteiger partial charge on any atom is -0.441 e. The first kappa shape index (κ1) is 25.4. The van der Waals surface area contributed by atoms with Gasteiger partial charge in [0, 0.05) is 28.2 Å². The lowest BCUT2D eigenvalue weighted by Gasteiger charge is -2.20. The average Bonchev–Trinajstić information content (AvgIpc) is 3.23. The first-order chi connectivity index (χ1) is 17.8. The Morgan fingerprint density at radius 2 is 2.14 bits per heavy atom. The lowest BCUT2D eigenvalue weighted by atomic mass is 9.95. The monoisotopic (exact) mass is 542 g/mol. The molecule has 192 valence electrons. The Hall–Kier alpha value is -3.20. The maximum absolute atomic E-state index is 13.9. The summed E-state index contributed by atoms with van der Waals surface area (Å²) in [4.78, 5) is 22.2. The van der Waals surface area contributed by atoms with Crippen LogP contribution >= 0.6 is 23.2 Å². The van der Waals surface area contributed by atoms with Crippen LogP contribution in [-0.4, -0.2) is 38.0 Å². The Balaban J connectivity index is 1.51. The van der Waals surface area contributed by atoms with Crippen LogP contribution < -0.4 is 5.32 Å². The van der Waals surface area contributed by atoms with Crippen LogP contribution in [0.25, 0.3) is 22.9 Å². The van der Waals surface area contributed by atoms with Crippen molar-refractivity contribution in [3.8, 4) is 5.69 Å². The summed E-state index contributed by atoms with van der Waals surface area (Å²) in [6, 6.07) is 6.85. The van der Waals surface area contributed by atoms with Crippen molar-refractivity contribution in [1.29, 1.82) is 0 Å². The van der Waals surface area contributed by atoms with E-state index in [2.05, 4.69) is 15.3 Å². The second-order valence-electron chi connectivity index (χ2n) is 9.52. The molecule has 1 atom stereocenters. The molecule has 4 aromatic rings. The van der Waals surface area contributed by atoms with Gasteiger partial charge in [0.25, 0.3) is 0 Å². The number of aliphatic hydroxyl groups excluding tert-OH is 1. The van der Waals surface area contributed by atoms with E-state index >= 15 is 0 Å². The molecule has 0 saturated heterocycles. The molecule has 10 heteroatoms. The highest BCUT2D eigenvalue weighted by atomic mass is 35.5. The molecule has 2 heterocycles. The normalized spacial score (nSPS) is 15.6. The van der Waals surface area contributed by atoms with Crippen LogP contribution in [0.2, 0.25) is 5.02 Å². The van der Waals surface area contributed by atoms with Gasteiger partial charge in [-0.2, -0.15) is 0 Å². The van der Waals surface area contributed by atoms with Gasteiger partial charge < -0.3 is 19.4 Å². The number of nitrogens with one attached hydrogen (secondary N) is 1. The van der Waals surface area contributed by atoms with Crippen LogP contribution in [-0.2, 0) is 4.79 Å². The topological polar surface area (TPSA) is 93.2 Å². The highest BCUT2D eigenvalue weighted by molar-refractivity contribution is 6.30. The highest BCUT2D eigenvalue weighted by Crippen LogP contribution is 2.51. The van der Waals surface area contributed by atoms with Gasteiger partial charge in [0.15, 0.2) is 12.0 Å². The Bertz CT molecular complexity index is 1470. The molecule has 2 N–H and O–H groups in total. The molecule has 2 aromatic carbocycles. The zero-order chi connectivity index (χ0) is 26.2. The molecule has 1 fully saturated rings. The first-order valence-electron chi connectivity index (χ1n) is 11.8. The van der Waals surface area contributed by atoms with Crippen molar-refractivity contribution < 1.29 is 18.7 Å². The van der Waals surface area contributed by atoms with E-state index in [9.17, 15) is 14.3 Å². The fourth-order valence-electron chi connectivity index (χ4n) is 4.41. The molecule has 1 saturated carbocycles. The number of aliphatic hydroxyl groups is 1. The van der Waals surface area contributed by atoms with Crippen molar-refractivity contribution in [2.45, 2.75) is 32.2 Å². The molecule has 0 aliphatic heterocycles. The molecule has 7 nitrogen and oxygen atoms in total. The lowest BCUT2D eigenvalue weighted by molar-refractivity contribution is -0.118. The fourth-order valence-corrected chi connectivity index (χ4v) is 5.01. The Morgan fingerprint density at radius 3 is 2.78 bits per heavy atom. The summed E-state index contributed by atoms with van der Waals surface area (Å²) in [7, 11) is 0. The minimum absolute atomic E-state index is 0.154. The molecule has 5 rings (SSSR count). The number of nitrogens with zero attached hydrogens (tertiary/aromatic N) is 3. The van der Waals surface area contributed by atoms with E-state index in [1.165, 1.54) is 24.6 Å². The predicted octanol–water partition coefficient (Wildman–Crippen LogP) is 5.76. The summed E-state index contributed by atoms with van der Waals surface area (Å²) in [5.74, 6) is -0.507. The number of hydrogen-bond donors (Lipinski definition) is 2. The number of alkyl halides is 1. The van der Waals surface area contributed by atoms with Gasteiger partial charge in [-0.25, -0.2) is 14.4 Å². The third kappa shape index (κ3) is 5.42. The Kier molecular flexibility index (Phi) is 7.07. The summed E-state index contributed by atoms with van der Waals surface area (Å²) < 4.78 is 21.5. The molecule has 1 aliphatic rings. The van der Waals surface area contributed by atoms with Crippen LogP contribution in [0.5, 0.6) is 0 Å². The van der Waals surface area contributed by atoms with Gasteiger partial charge >= 0.3 is 0 Å². The number of halogens is 3. The second kappa shape index (κ2) is 10.3. The summed E-state index contributed by atoms with van der Waals surface area (Å²) in [5.41, 5.74) is 4.20. The fraction of sp³-hybridized carbons (Fsp3) is 0.296. The minimum atomic E-state index is -0.839. The number of oxazole rings is 1. The third-order valence-corrected chi connectivity index (χ3v) is 7.47. The van der Waals surface area contributed by atoms with Gasteiger partial charge in [-0.15, -0.1) is 11.6 Å². The molecule has 2 aromatic heterocycles. The van der Waals surface area contributed by atoms with Gasteiger partial charge in [-0.1, -0.05) is 17.7 Å². The van der Waals surface area contributed by atoms with Gasteiger partial charge in [0.1, 0.15) is 11.3 Å². The molecule has 1 unspecified atom stereocenters. The van der Waals surface area contributed by atoms with Crippen molar-refractivity contribution in [3.05, 3.63) is 82.5 Å². The highest BCUT2D eigenvalue weighted by Gasteiger charge is 2.43. The zero-order valence-corrected chi connectivity index (χ0v) is 21.6. The summed E-state index contributed by atoms with van der Waals surface area (Å²) >= 11 is 12.2. The summed E-state index contributed by atoms with van der Waals surface area (Å²) in [5, 5.41) is 13.0. The van der Waals surface area contributed by atoms with Crippen molar-refractivity contribution in [2.24, 2.45) is 5.41 Å². The second-order valence-corrected chi connectivity index (χ2v) is 10.2. The van der Waals surface area contributed by atoms with Crippen molar-refractivity contribution in [1.82, 2.24) is 19.9 Å². The number of fused-ring (bicyclic) bond motifs is 1. The van der Waals surface area contributed by atoms with Crippen LogP contribution in [0.1, 0.15) is 42.1 Å². The van der Waals surface area contributed by atoms with E-state index in [1.54, 1.807) is 12.4 Å². The maximum Gasteiger partial charge on any atom is 0.247 e. The number of carbonyl (C=O) groups is 1. The van der Waals surface area contributed by atoms with Gasteiger partial charge in [0.05, 0.1) is 30.4 Å². The SMILES string of the molecule is Cc1cn(-c2ccc(/C=C(\CC3(CCl)CC3)C(=O)NC(CO)c3cc(F)cc(Cl)c3)c3ncoc23)cn1. The zero-order valence-electron chi connectivity index (χ0n) is 20.0. The van der Waals surface area contributed by atoms with E-state index < -0.39 is 18.5 Å². The largest absolute Gasteiger partial charge is 0.441 e. The smallest absolute Gasteiger partial charge is 0.247 e. The van der Waals surface area contributed by atoms with Crippen LogP contribution in [0.15, 0.2) is 59.2 Å². The number of benzene rings is 2. The molecular weight excluding hydrogens is 518 g/mol. The lowest BCUT2D eigenvalue weighted by Crippen LogP contribution is -2.32. The van der Waals surface area contributed by atoms with Crippen LogP contribution in [0, 0.1) is 18.2 Å². The first-order valence-corrected chi connectivity index (χ1v) is 12.7. The van der Waals surface area contributed by atoms with Gasteiger partial charge in [-0.05, 0) is 67.5 Å². The predicted molar refractivity (Wildman–Crippen MR) is 140 cm³/mol. The van der Waals surface area contributed by atoms with E-state index in [0.29, 0.717) is 40.1 Å². The van der Waals surface area contributed by atoms with Gasteiger partial charge in [0.2, 0.25) is 5.91 Å². The van der Waals surface area contributed by atoms with Crippen LogP contribution in [0.4, 0.5) is 4.39 Å². The number of amides is 1. The number of aryl methyl sites for hydroxylation is 1. The summed E-state index contributed by atoms with van der Waals surface area (Å²) in [6.45, 7) is 1.48. The summed E-state index contributed by atoms with van der Waals surface area (Å²) in [6.07, 6.45) is 9.02. The molecule has 37 heavy (non-hydrogen) atoms. The van der Waals surface area contributed by atoms with Crippen molar-refractivity contribution in [3.63, 3.8) is 0 Å². The Labute approximate surface area is 222 Å². The quantitative estimate of drug-likeness (QED) is 0.207. The Morgan fingerprint density at radius 1 is 1.32 bits per heavy atom. The number of aromatic nitrogens is 3. The standard InChI is InChI=1S/C27H25Cl2FN4O3/c1-16-11-34(14-31-16)23-3-2-17(24-25(23)37-15-32-24)6-19(10-27(13-28)4-5-27)26(36)33-22(12-35)18-7-20(29)9-21(30)8-18/h2-3,6-9,11,14-15,22,35H,4-5,10,12-13H2,1H3,(H,33,36)/b19-6+. The molecule has 1 amide bonds. The number of rotatable bonds is 9. The van der Waals surface area contributed by atoms with E-state index in [1.807, 2.05) is 29.8 Å². The molecule has 0 radical (unpaired) electrons. The molecule has 0 bridgehead atoms. The number of carbonyl (C=O) groups excluding carboxylic acids is 1. The molecule has 1 aliphatic carbocycles. The third-order valence-electron chi connectivity index (χ3n) is 6.69. The van der Waals surface area contributed by atoms with Gasteiger partial charge in [-0.3, -0.25) is 4.79 Å². The van der Waals surface area contributed by atoms with Crippen molar-refractivity contribution >= 4 is 46.3 Å². The maximum atomic E-state index is 13.9. The van der Waals surface area contributed by atoms with E-state index in [4.69, 9.17) is 27.6 Å². The van der Waals surface area contributed by atoms with E-state index in [0.717, 1.165) is 24.2 Å².